The lowest BCUT2D eigenvalue weighted by atomic mass is 9.68. The van der Waals surface area contributed by atoms with Crippen LogP contribution in [0.15, 0.2) is 59.5 Å². The summed E-state index contributed by atoms with van der Waals surface area (Å²) in [5, 5.41) is 0. The Hall–Kier alpha value is -2.75. The molecule has 0 aromatic heterocycles. The first-order valence-corrected chi connectivity index (χ1v) is 17.5. The standard InChI is InChI=1S/C37H49F5O4S/c1-35(28-18-20-29(44-2)21-19-28)26-47-33-25-30(45-3)22-23-31(33)32(35)17-13-8-6-5-7-11-15-27(34(43)46-4)16-12-9-10-14-24-36(38,39)37(40,41)42/h8,13,18-23,25,27,32H,5-7,9-12,14-17,24,26H2,1-4H3. The third-order valence-electron chi connectivity index (χ3n) is 9.35. The quantitative estimate of drug-likeness (QED) is 0.0638. The molecule has 0 fully saturated rings. The molecule has 1 aliphatic heterocycles. The molecule has 262 valence electrons. The predicted molar refractivity (Wildman–Crippen MR) is 178 cm³/mol. The second kappa shape index (κ2) is 18.1. The molecule has 0 bridgehead atoms. The van der Waals surface area contributed by atoms with Crippen molar-refractivity contribution in [3.8, 4) is 11.5 Å². The first-order valence-electron chi connectivity index (χ1n) is 16.5. The molecule has 3 rings (SSSR count). The first kappa shape index (κ1) is 38.7. The van der Waals surface area contributed by atoms with Crippen LogP contribution in [0.5, 0.6) is 11.5 Å². The lowest BCUT2D eigenvalue weighted by Crippen LogP contribution is -2.36. The zero-order valence-electron chi connectivity index (χ0n) is 28.0. The highest BCUT2D eigenvalue weighted by Gasteiger charge is 2.56. The SMILES string of the molecule is COC(=O)C(CCCCCC=CCC1c2ccc(OC)cc2SCC1(C)c1ccc(OC)cc1)CCCCCCC(F)(F)C(F)(F)F. The van der Waals surface area contributed by atoms with Crippen molar-refractivity contribution in [1.82, 2.24) is 0 Å². The van der Waals surface area contributed by atoms with Crippen molar-refractivity contribution in [3.05, 3.63) is 65.7 Å². The Bertz CT molecular complexity index is 1280. The van der Waals surface area contributed by atoms with E-state index < -0.39 is 18.5 Å². The van der Waals surface area contributed by atoms with Gasteiger partial charge in [0.2, 0.25) is 0 Å². The van der Waals surface area contributed by atoms with Crippen LogP contribution >= 0.6 is 11.8 Å². The molecule has 4 nitrogen and oxygen atoms in total. The maximum absolute atomic E-state index is 13.1. The molecule has 47 heavy (non-hydrogen) atoms. The normalized spacial score (nSPS) is 19.0. The van der Waals surface area contributed by atoms with Crippen molar-refractivity contribution in [3.63, 3.8) is 0 Å². The number of rotatable bonds is 19. The van der Waals surface area contributed by atoms with Crippen molar-refractivity contribution in [2.24, 2.45) is 5.92 Å². The Labute approximate surface area is 280 Å². The maximum Gasteiger partial charge on any atom is 0.453 e. The maximum atomic E-state index is 13.1. The van der Waals surface area contributed by atoms with Gasteiger partial charge in [0.1, 0.15) is 11.5 Å². The van der Waals surface area contributed by atoms with Gasteiger partial charge in [0, 0.05) is 22.5 Å². The number of benzene rings is 2. The molecule has 0 aliphatic carbocycles. The van der Waals surface area contributed by atoms with E-state index >= 15 is 0 Å². The van der Waals surface area contributed by atoms with Gasteiger partial charge in [-0.25, -0.2) is 0 Å². The van der Waals surface area contributed by atoms with Gasteiger partial charge in [-0.05, 0) is 79.8 Å². The Morgan fingerprint density at radius 2 is 1.49 bits per heavy atom. The Balaban J connectivity index is 1.47. The molecule has 1 heterocycles. The van der Waals surface area contributed by atoms with Gasteiger partial charge in [-0.15, -0.1) is 11.8 Å². The van der Waals surface area contributed by atoms with E-state index in [1.165, 1.54) is 23.1 Å². The highest BCUT2D eigenvalue weighted by molar-refractivity contribution is 7.99. The zero-order valence-corrected chi connectivity index (χ0v) is 28.8. The zero-order chi connectivity index (χ0) is 34.5. The number of carbonyl (C=O) groups is 1. The summed E-state index contributed by atoms with van der Waals surface area (Å²) in [6.07, 6.45) is 4.84. The average molecular weight is 685 g/mol. The Kier molecular flexibility index (Phi) is 14.9. The Morgan fingerprint density at radius 3 is 2.11 bits per heavy atom. The van der Waals surface area contributed by atoms with E-state index in [0.29, 0.717) is 25.7 Å². The van der Waals surface area contributed by atoms with Gasteiger partial charge >= 0.3 is 18.1 Å². The number of carbonyl (C=O) groups excluding carboxylic acids is 1. The molecule has 2 aromatic rings. The van der Waals surface area contributed by atoms with Gasteiger partial charge < -0.3 is 14.2 Å². The van der Waals surface area contributed by atoms with Gasteiger partial charge in [-0.1, -0.05) is 69.4 Å². The smallest absolute Gasteiger partial charge is 0.453 e. The summed E-state index contributed by atoms with van der Waals surface area (Å²) < 4.78 is 78.9. The summed E-state index contributed by atoms with van der Waals surface area (Å²) in [5.41, 5.74) is 2.55. The fourth-order valence-corrected chi connectivity index (χ4v) is 7.73. The van der Waals surface area contributed by atoms with E-state index in [-0.39, 0.29) is 36.1 Å². The number of ether oxygens (including phenoxy) is 3. The van der Waals surface area contributed by atoms with E-state index in [4.69, 9.17) is 14.2 Å². The topological polar surface area (TPSA) is 44.8 Å². The average Bonchev–Trinajstić information content (AvgIpc) is 3.06. The molecular weight excluding hydrogens is 635 g/mol. The first-order chi connectivity index (χ1) is 22.4. The molecular formula is C37H49F5O4S. The number of hydrogen-bond donors (Lipinski definition) is 0. The minimum absolute atomic E-state index is 0.0695. The minimum Gasteiger partial charge on any atom is -0.497 e. The van der Waals surface area contributed by atoms with Gasteiger partial charge in [0.15, 0.2) is 0 Å². The highest BCUT2D eigenvalue weighted by Crippen LogP contribution is 2.52. The van der Waals surface area contributed by atoms with Crippen LogP contribution in [0.4, 0.5) is 22.0 Å². The molecule has 0 spiro atoms. The van der Waals surface area contributed by atoms with Crippen molar-refractivity contribution in [1.29, 1.82) is 0 Å². The van der Waals surface area contributed by atoms with E-state index in [0.717, 1.165) is 49.4 Å². The number of allylic oxidation sites excluding steroid dienone is 2. The van der Waals surface area contributed by atoms with Gasteiger partial charge in [0.05, 0.1) is 27.2 Å². The van der Waals surface area contributed by atoms with Crippen molar-refractivity contribution >= 4 is 17.7 Å². The molecule has 3 atom stereocenters. The van der Waals surface area contributed by atoms with Crippen molar-refractivity contribution in [2.75, 3.05) is 27.1 Å². The number of fused-ring (bicyclic) bond motifs is 1. The van der Waals surface area contributed by atoms with E-state index in [1.54, 1.807) is 14.2 Å². The predicted octanol–water partition coefficient (Wildman–Crippen LogP) is 11.1. The number of thioether (sulfide) groups is 1. The Morgan fingerprint density at radius 1 is 0.872 bits per heavy atom. The van der Waals surface area contributed by atoms with Crippen LogP contribution in [-0.4, -0.2) is 45.2 Å². The second-order valence-electron chi connectivity index (χ2n) is 12.6. The summed E-state index contributed by atoms with van der Waals surface area (Å²) in [6, 6.07) is 14.8. The summed E-state index contributed by atoms with van der Waals surface area (Å²) in [7, 11) is 4.71. The summed E-state index contributed by atoms with van der Waals surface area (Å²) in [5.74, 6) is -2.29. The molecule has 1 aliphatic rings. The molecule has 0 radical (unpaired) electrons. The van der Waals surface area contributed by atoms with Crippen LogP contribution in [0.3, 0.4) is 0 Å². The monoisotopic (exact) mass is 684 g/mol. The molecule has 0 N–H and O–H groups in total. The van der Waals surface area contributed by atoms with E-state index in [1.807, 2.05) is 30.0 Å². The van der Waals surface area contributed by atoms with Gasteiger partial charge in [-0.3, -0.25) is 4.79 Å². The molecule has 0 amide bonds. The largest absolute Gasteiger partial charge is 0.497 e. The summed E-state index contributed by atoms with van der Waals surface area (Å²) in [4.78, 5) is 13.5. The second-order valence-corrected chi connectivity index (χ2v) is 13.6. The summed E-state index contributed by atoms with van der Waals surface area (Å²) in [6.45, 7) is 2.34. The third kappa shape index (κ3) is 10.9. The molecule has 10 heteroatoms. The number of unbranched alkanes of at least 4 members (excludes halogenated alkanes) is 6. The minimum atomic E-state index is -5.51. The molecule has 3 unspecified atom stereocenters. The van der Waals surface area contributed by atoms with Crippen LogP contribution in [0.2, 0.25) is 0 Å². The summed E-state index contributed by atoms with van der Waals surface area (Å²) >= 11 is 1.87. The van der Waals surface area contributed by atoms with Crippen LogP contribution in [0, 0.1) is 5.92 Å². The number of esters is 1. The lowest BCUT2D eigenvalue weighted by Gasteiger charge is -2.42. The number of halogens is 5. The molecule has 2 aromatic carbocycles. The number of hydrogen-bond acceptors (Lipinski definition) is 5. The van der Waals surface area contributed by atoms with Crippen molar-refractivity contribution < 1.29 is 41.0 Å². The molecule has 0 saturated carbocycles. The van der Waals surface area contributed by atoms with Crippen LogP contribution < -0.4 is 9.47 Å². The number of alkyl halides is 5. The van der Waals surface area contributed by atoms with Crippen LogP contribution in [-0.2, 0) is 14.9 Å². The lowest BCUT2D eigenvalue weighted by molar-refractivity contribution is -0.284. The molecule has 0 saturated heterocycles. The third-order valence-corrected chi connectivity index (χ3v) is 10.8. The van der Waals surface area contributed by atoms with Gasteiger partial charge in [0.25, 0.3) is 0 Å². The number of methoxy groups -OCH3 is 3. The fourth-order valence-electron chi connectivity index (χ4n) is 6.33. The van der Waals surface area contributed by atoms with E-state index in [9.17, 15) is 26.7 Å². The van der Waals surface area contributed by atoms with Gasteiger partial charge in [-0.2, -0.15) is 22.0 Å². The van der Waals surface area contributed by atoms with E-state index in [2.05, 4.69) is 43.3 Å². The van der Waals surface area contributed by atoms with Crippen LogP contribution in [0.1, 0.15) is 101 Å². The van der Waals surface area contributed by atoms with Crippen LogP contribution in [0.25, 0.3) is 0 Å². The highest BCUT2D eigenvalue weighted by atomic mass is 32.2. The fraction of sp³-hybridized carbons (Fsp3) is 0.595. The van der Waals surface area contributed by atoms with Crippen molar-refractivity contribution in [2.45, 2.75) is 112 Å².